The predicted molar refractivity (Wildman–Crippen MR) is 86.7 cm³/mol. The Morgan fingerprint density at radius 1 is 1.14 bits per heavy atom. The smallest absolute Gasteiger partial charge is 0.331 e. The van der Waals surface area contributed by atoms with Crippen LogP contribution in [-0.2, 0) is 19.1 Å². The van der Waals surface area contributed by atoms with Crippen molar-refractivity contribution in [1.29, 1.82) is 0 Å². The third kappa shape index (κ3) is 13.7. The molecule has 0 saturated carbocycles. The van der Waals surface area contributed by atoms with Gasteiger partial charge in [-0.3, -0.25) is 0 Å². The van der Waals surface area contributed by atoms with Gasteiger partial charge in [0.2, 0.25) is 0 Å². The zero-order valence-electron chi connectivity index (χ0n) is 13.9. The van der Waals surface area contributed by atoms with Crippen LogP contribution >= 0.6 is 7.77 Å². The molecule has 126 valence electrons. The van der Waals surface area contributed by atoms with E-state index in [0.29, 0.717) is 12.8 Å². The summed E-state index contributed by atoms with van der Waals surface area (Å²) in [5, 5.41) is 0. The minimum Gasteiger partial charge on any atom is -0.630 e. The number of rotatable bonds is 10. The number of nitrogens with zero attached hydrogens (tertiary/aromatic N) is 1. The Kier molecular flexibility index (Phi) is 10.7. The number of hydrogen-bond donors (Lipinski definition) is 0. The van der Waals surface area contributed by atoms with E-state index in [-0.39, 0.29) is 6.61 Å². The van der Waals surface area contributed by atoms with E-state index < -0.39 is 19.7 Å². The number of ether oxygens (including phenoxy) is 2. The molecule has 0 amide bonds. The lowest BCUT2D eigenvalue weighted by Crippen LogP contribution is -2.36. The average molecular weight is 332 g/mol. The fourth-order valence-electron chi connectivity index (χ4n) is 1.24. The molecule has 0 N–H and O–H groups in total. The quantitative estimate of drug-likeness (QED) is 0.193. The molecule has 1 atom stereocenters. The molecule has 7 heteroatoms. The van der Waals surface area contributed by atoms with Crippen LogP contribution in [0, 0.1) is 0 Å². The number of carbonyl (C=O) groups excluding carboxylic acids is 2. The summed E-state index contributed by atoms with van der Waals surface area (Å²) in [5.74, 6) is 0.262. The van der Waals surface area contributed by atoms with Gasteiger partial charge in [0.15, 0.2) is 6.16 Å². The molecule has 0 aliphatic heterocycles. The first-order valence-electron chi connectivity index (χ1n) is 7.33. The minimum atomic E-state index is -1.49. The Balaban J connectivity index is 3.95. The summed E-state index contributed by atoms with van der Waals surface area (Å²) < 4.78 is 10.4. The van der Waals surface area contributed by atoms with E-state index >= 15 is 0 Å². The molecule has 0 aliphatic rings. The second-order valence-electron chi connectivity index (χ2n) is 5.82. The molecule has 0 heterocycles. The average Bonchev–Trinajstić information content (AvgIpc) is 2.42. The molecule has 6 nitrogen and oxygen atoms in total. The van der Waals surface area contributed by atoms with Crippen LogP contribution in [0.25, 0.3) is 0 Å². The third-order valence-corrected chi connectivity index (χ3v) is 3.79. The standard InChI is InChI=1S/C15H27NO5P/c1-5-6-10-20-14(17)7-8-15(18)21-11-13-22(19)12-9-16(2,3)4/h7-8,13H,5-6,9-12H2,1-4H3/q+1. The van der Waals surface area contributed by atoms with Crippen LogP contribution in [0.5, 0.6) is 0 Å². The first-order chi connectivity index (χ1) is 10.2. The molecule has 0 bridgehead atoms. The SMILES string of the molecule is CCCCOC(=O)C=CC(=O)OCC=[P+]([O-])CC[N+](C)(C)C. The molecule has 0 spiro atoms. The van der Waals surface area contributed by atoms with Crippen LogP contribution in [0.15, 0.2) is 12.2 Å². The largest absolute Gasteiger partial charge is 0.630 e. The van der Waals surface area contributed by atoms with E-state index in [1.54, 1.807) is 0 Å². The highest BCUT2D eigenvalue weighted by atomic mass is 31.1. The predicted octanol–water partition coefficient (Wildman–Crippen LogP) is 0.695. The Morgan fingerprint density at radius 3 is 2.27 bits per heavy atom. The number of unbranched alkanes of at least 4 members (excludes halogenated alkanes) is 1. The molecule has 0 rings (SSSR count). The van der Waals surface area contributed by atoms with E-state index in [1.165, 1.54) is 5.80 Å². The lowest BCUT2D eigenvalue weighted by molar-refractivity contribution is -0.867. The highest BCUT2D eigenvalue weighted by Crippen LogP contribution is 2.09. The van der Waals surface area contributed by atoms with Gasteiger partial charge in [0.25, 0.3) is 0 Å². The molecule has 1 unspecified atom stereocenters. The van der Waals surface area contributed by atoms with Crippen molar-refractivity contribution in [1.82, 2.24) is 0 Å². The first kappa shape index (κ1) is 20.8. The molecule has 0 radical (unpaired) electrons. The maximum atomic E-state index is 11.7. The summed E-state index contributed by atoms with van der Waals surface area (Å²) in [6.45, 7) is 3.09. The topological polar surface area (TPSA) is 75.7 Å². The normalized spacial score (nSPS) is 12.5. The van der Waals surface area contributed by atoms with Gasteiger partial charge in [-0.2, -0.15) is 0 Å². The molecule has 0 aromatic carbocycles. The van der Waals surface area contributed by atoms with E-state index in [4.69, 9.17) is 9.47 Å². The summed E-state index contributed by atoms with van der Waals surface area (Å²) in [6, 6.07) is 0. The van der Waals surface area contributed by atoms with Crippen LogP contribution < -0.4 is 4.89 Å². The van der Waals surface area contributed by atoms with Gasteiger partial charge in [0.1, 0.15) is 18.9 Å². The maximum absolute atomic E-state index is 11.7. The molecule has 0 aromatic heterocycles. The van der Waals surface area contributed by atoms with Gasteiger partial charge in [0, 0.05) is 12.2 Å². The lowest BCUT2D eigenvalue weighted by atomic mass is 10.4. The van der Waals surface area contributed by atoms with Crippen molar-refractivity contribution >= 4 is 25.5 Å². The summed E-state index contributed by atoms with van der Waals surface area (Å²) in [5.41, 5.74) is 0. The summed E-state index contributed by atoms with van der Waals surface area (Å²) in [6.07, 6.45) is 4.33. The Bertz CT molecular complexity index is 413. The monoisotopic (exact) mass is 332 g/mol. The zero-order valence-corrected chi connectivity index (χ0v) is 14.8. The molecule has 0 fully saturated rings. The van der Waals surface area contributed by atoms with Crippen molar-refractivity contribution in [2.24, 2.45) is 0 Å². The van der Waals surface area contributed by atoms with Crippen molar-refractivity contribution in [3.8, 4) is 0 Å². The molecule has 0 aromatic rings. The summed E-state index contributed by atoms with van der Waals surface area (Å²) >= 11 is 0. The Morgan fingerprint density at radius 2 is 1.73 bits per heavy atom. The second-order valence-corrected chi connectivity index (χ2v) is 7.47. The van der Waals surface area contributed by atoms with E-state index in [2.05, 4.69) is 0 Å². The van der Waals surface area contributed by atoms with E-state index in [1.807, 2.05) is 28.1 Å². The highest BCUT2D eigenvalue weighted by Gasteiger charge is 2.10. The fraction of sp³-hybridized carbons (Fsp3) is 0.667. The second kappa shape index (κ2) is 11.4. The molecule has 0 aliphatic carbocycles. The highest BCUT2D eigenvalue weighted by molar-refractivity contribution is 7.50. The van der Waals surface area contributed by atoms with Gasteiger partial charge in [-0.05, 0) is 6.42 Å². The first-order valence-corrected chi connectivity index (χ1v) is 8.85. The number of esters is 2. The van der Waals surface area contributed by atoms with Gasteiger partial charge < -0.3 is 18.9 Å². The zero-order chi connectivity index (χ0) is 17.0. The van der Waals surface area contributed by atoms with Gasteiger partial charge >= 0.3 is 11.9 Å². The van der Waals surface area contributed by atoms with Crippen molar-refractivity contribution in [3.05, 3.63) is 12.2 Å². The van der Waals surface area contributed by atoms with Crippen LogP contribution in [0.1, 0.15) is 19.8 Å². The molecular weight excluding hydrogens is 305 g/mol. The van der Waals surface area contributed by atoms with Crippen molar-refractivity contribution in [2.75, 3.05) is 47.1 Å². The molecule has 0 saturated heterocycles. The number of hydrogen-bond acceptors (Lipinski definition) is 5. The van der Waals surface area contributed by atoms with Crippen LogP contribution in [-0.4, -0.2) is 69.3 Å². The number of carbonyl (C=O) groups is 2. The maximum Gasteiger partial charge on any atom is 0.331 e. The van der Waals surface area contributed by atoms with Crippen molar-refractivity contribution in [2.45, 2.75) is 19.8 Å². The van der Waals surface area contributed by atoms with Crippen LogP contribution in [0.3, 0.4) is 0 Å². The molecule has 22 heavy (non-hydrogen) atoms. The minimum absolute atomic E-state index is 0.0274. The van der Waals surface area contributed by atoms with Crippen LogP contribution in [0.4, 0.5) is 0 Å². The molecular formula is C15H27NO5P+. The van der Waals surface area contributed by atoms with Crippen LogP contribution in [0.2, 0.25) is 0 Å². The number of quaternary nitrogens is 1. The Hall–Kier alpha value is -1.23. The third-order valence-electron chi connectivity index (χ3n) is 2.59. The summed E-state index contributed by atoms with van der Waals surface area (Å²) in [4.78, 5) is 34.2. The summed E-state index contributed by atoms with van der Waals surface area (Å²) in [7, 11) is 4.57. The van der Waals surface area contributed by atoms with Gasteiger partial charge in [-0.1, -0.05) is 13.3 Å². The van der Waals surface area contributed by atoms with E-state index in [0.717, 1.165) is 36.0 Å². The lowest BCUT2D eigenvalue weighted by Gasteiger charge is -2.22. The fourth-order valence-corrected chi connectivity index (χ4v) is 2.46. The van der Waals surface area contributed by atoms with Gasteiger partial charge in [0.05, 0.1) is 35.5 Å². The van der Waals surface area contributed by atoms with Gasteiger partial charge in [-0.25, -0.2) is 9.59 Å². The van der Waals surface area contributed by atoms with Crippen molar-refractivity contribution < 1.29 is 28.4 Å². The Labute approximate surface area is 133 Å². The van der Waals surface area contributed by atoms with Crippen molar-refractivity contribution in [3.63, 3.8) is 0 Å². The van der Waals surface area contributed by atoms with E-state index in [9.17, 15) is 14.5 Å². The van der Waals surface area contributed by atoms with Gasteiger partial charge in [-0.15, -0.1) is 0 Å².